The minimum atomic E-state index is -0.496. The second-order valence-electron chi connectivity index (χ2n) is 7.40. The maximum absolute atomic E-state index is 11.5. The second kappa shape index (κ2) is 7.04. The predicted molar refractivity (Wildman–Crippen MR) is 95.3 cm³/mol. The maximum atomic E-state index is 11.5. The summed E-state index contributed by atoms with van der Waals surface area (Å²) in [5, 5.41) is 11.5. The Hall–Kier alpha value is -1.86. The summed E-state index contributed by atoms with van der Waals surface area (Å²) in [6, 6.07) is 5.74. The number of rotatable bonds is 4. The highest BCUT2D eigenvalue weighted by molar-refractivity contribution is 5.51. The number of methoxy groups -OCH3 is 1. The fourth-order valence-electron chi connectivity index (χ4n) is 5.07. The van der Waals surface area contributed by atoms with Gasteiger partial charge in [0, 0.05) is 35.9 Å². The second-order valence-corrected chi connectivity index (χ2v) is 7.40. The first-order valence-electron chi connectivity index (χ1n) is 9.46. The number of hydrogen-bond donors (Lipinski definition) is 0. The van der Waals surface area contributed by atoms with Crippen LogP contribution in [0.5, 0.6) is 11.5 Å². The van der Waals surface area contributed by atoms with Gasteiger partial charge in [-0.2, -0.15) is 0 Å². The van der Waals surface area contributed by atoms with Gasteiger partial charge in [-0.05, 0) is 18.9 Å². The molecule has 3 atom stereocenters. The molecule has 1 saturated heterocycles. The predicted octanol–water partition coefficient (Wildman–Crippen LogP) is 2.67. The lowest BCUT2D eigenvalue weighted by Gasteiger charge is -2.56. The van der Waals surface area contributed by atoms with E-state index in [1.165, 1.54) is 0 Å². The van der Waals surface area contributed by atoms with Crippen LogP contribution in [0.3, 0.4) is 0 Å². The molecule has 0 spiro atoms. The summed E-state index contributed by atoms with van der Waals surface area (Å²) in [5.74, 6) is 1.30. The molecular formula is C19H26N2O5. The fraction of sp³-hybridized carbons (Fsp3) is 0.684. The molecule has 7 nitrogen and oxygen atoms in total. The Morgan fingerprint density at radius 3 is 2.88 bits per heavy atom. The first-order chi connectivity index (χ1) is 12.7. The van der Waals surface area contributed by atoms with Gasteiger partial charge in [-0.15, -0.1) is 0 Å². The van der Waals surface area contributed by atoms with E-state index >= 15 is 0 Å². The van der Waals surface area contributed by atoms with Gasteiger partial charge in [0.1, 0.15) is 0 Å². The standard InChI is InChI=1S/C19H26N2O5/c1-24-17-7-4-5-14-15(13-21(22)23)16-6-2-3-8-19(16,26-18(14)17)20-9-11-25-12-10-20/h4-5,7,15-16H,2-3,6,8-13H2,1H3/t15-,16-,19+/m1/s1. The maximum Gasteiger partial charge on any atom is 0.211 e. The van der Waals surface area contributed by atoms with E-state index in [9.17, 15) is 10.1 Å². The Kier molecular flexibility index (Phi) is 4.75. The molecule has 2 aliphatic heterocycles. The Morgan fingerprint density at radius 2 is 2.15 bits per heavy atom. The van der Waals surface area contributed by atoms with Crippen molar-refractivity contribution in [3.63, 3.8) is 0 Å². The lowest BCUT2D eigenvalue weighted by Crippen LogP contribution is -2.65. The highest BCUT2D eigenvalue weighted by Crippen LogP contribution is 2.55. The van der Waals surface area contributed by atoms with Gasteiger partial charge in [0.15, 0.2) is 17.2 Å². The zero-order valence-corrected chi connectivity index (χ0v) is 15.2. The molecule has 4 rings (SSSR count). The molecule has 26 heavy (non-hydrogen) atoms. The van der Waals surface area contributed by atoms with Gasteiger partial charge in [-0.25, -0.2) is 0 Å². The van der Waals surface area contributed by atoms with Crippen molar-refractivity contribution in [2.75, 3.05) is 40.0 Å². The molecule has 1 aliphatic carbocycles. The number of fused-ring (bicyclic) bond motifs is 2. The van der Waals surface area contributed by atoms with Crippen molar-refractivity contribution in [3.8, 4) is 11.5 Å². The van der Waals surface area contributed by atoms with Crippen LogP contribution in [0.2, 0.25) is 0 Å². The van der Waals surface area contributed by atoms with Gasteiger partial charge >= 0.3 is 0 Å². The normalized spacial score (nSPS) is 31.4. The number of nitro groups is 1. The summed E-state index contributed by atoms with van der Waals surface area (Å²) < 4.78 is 17.8. The molecule has 3 aliphatic rings. The van der Waals surface area contributed by atoms with Crippen LogP contribution in [0.15, 0.2) is 18.2 Å². The molecule has 0 aromatic heterocycles. The Balaban J connectivity index is 1.83. The number of morpholine rings is 1. The summed E-state index contributed by atoms with van der Waals surface area (Å²) in [5.41, 5.74) is 0.418. The molecule has 0 amide bonds. The first-order valence-corrected chi connectivity index (χ1v) is 9.46. The van der Waals surface area contributed by atoms with E-state index in [-0.39, 0.29) is 23.3 Å². The van der Waals surface area contributed by atoms with Crippen LogP contribution in [-0.4, -0.2) is 55.5 Å². The van der Waals surface area contributed by atoms with Crippen LogP contribution in [0.25, 0.3) is 0 Å². The van der Waals surface area contributed by atoms with Gasteiger partial charge in [-0.1, -0.05) is 18.6 Å². The average Bonchev–Trinajstić information content (AvgIpc) is 2.67. The molecule has 2 fully saturated rings. The number of ether oxygens (including phenoxy) is 3. The van der Waals surface area contributed by atoms with Gasteiger partial charge < -0.3 is 14.2 Å². The summed E-state index contributed by atoms with van der Waals surface area (Å²) >= 11 is 0. The topological polar surface area (TPSA) is 74.1 Å². The lowest BCUT2D eigenvalue weighted by molar-refractivity contribution is -0.487. The van der Waals surface area contributed by atoms with Crippen molar-refractivity contribution in [1.82, 2.24) is 4.90 Å². The largest absolute Gasteiger partial charge is 0.493 e. The quantitative estimate of drug-likeness (QED) is 0.606. The van der Waals surface area contributed by atoms with Gasteiger partial charge in [0.25, 0.3) is 0 Å². The zero-order chi connectivity index (χ0) is 18.1. The highest BCUT2D eigenvalue weighted by Gasteiger charge is 2.56. The molecule has 1 saturated carbocycles. The number of para-hydroxylation sites is 1. The van der Waals surface area contributed by atoms with Gasteiger partial charge in [-0.3, -0.25) is 15.0 Å². The molecule has 142 valence electrons. The van der Waals surface area contributed by atoms with Crippen LogP contribution >= 0.6 is 0 Å². The molecule has 0 unspecified atom stereocenters. The monoisotopic (exact) mass is 362 g/mol. The number of hydrogen-bond acceptors (Lipinski definition) is 6. The zero-order valence-electron chi connectivity index (χ0n) is 15.2. The summed E-state index contributed by atoms with van der Waals surface area (Å²) in [4.78, 5) is 13.7. The third kappa shape index (κ3) is 2.83. The van der Waals surface area contributed by atoms with Crippen molar-refractivity contribution < 1.29 is 19.1 Å². The van der Waals surface area contributed by atoms with Crippen LogP contribution in [0.1, 0.15) is 37.2 Å². The number of benzene rings is 1. The SMILES string of the molecule is COc1cccc2c1O[C@@]1(N3CCOCC3)CCCC[C@@H]1[C@@H]2C[N+](=O)[O-]. The molecule has 7 heteroatoms. The third-order valence-electron chi connectivity index (χ3n) is 6.16. The van der Waals surface area contributed by atoms with E-state index in [0.717, 1.165) is 44.3 Å². The van der Waals surface area contributed by atoms with Gasteiger partial charge in [0.05, 0.1) is 26.2 Å². The minimum Gasteiger partial charge on any atom is -0.493 e. The molecular weight excluding hydrogens is 336 g/mol. The van der Waals surface area contributed by atoms with Crippen molar-refractivity contribution in [3.05, 3.63) is 33.9 Å². The summed E-state index contributed by atoms with van der Waals surface area (Å²) in [7, 11) is 1.62. The van der Waals surface area contributed by atoms with E-state index < -0.39 is 5.72 Å². The van der Waals surface area contributed by atoms with Crippen LogP contribution in [0, 0.1) is 16.0 Å². The van der Waals surface area contributed by atoms with Crippen molar-refractivity contribution in [2.45, 2.75) is 37.3 Å². The first kappa shape index (κ1) is 17.5. The highest BCUT2D eigenvalue weighted by atomic mass is 16.6. The Labute approximate surface area is 153 Å². The smallest absolute Gasteiger partial charge is 0.211 e. The summed E-state index contributed by atoms with van der Waals surface area (Å²) in [6.45, 7) is 2.88. The third-order valence-corrected chi connectivity index (χ3v) is 6.16. The molecule has 0 bridgehead atoms. The Morgan fingerprint density at radius 1 is 1.35 bits per heavy atom. The van der Waals surface area contributed by atoms with Crippen molar-refractivity contribution in [1.29, 1.82) is 0 Å². The minimum absolute atomic E-state index is 0.0692. The van der Waals surface area contributed by atoms with Crippen LogP contribution in [0.4, 0.5) is 0 Å². The van der Waals surface area contributed by atoms with Crippen molar-refractivity contribution in [2.24, 2.45) is 5.92 Å². The Bertz CT molecular complexity index is 676. The van der Waals surface area contributed by atoms with E-state index in [1.54, 1.807) is 7.11 Å². The fourth-order valence-corrected chi connectivity index (χ4v) is 5.07. The molecule has 0 N–H and O–H groups in total. The molecule has 0 radical (unpaired) electrons. The number of nitrogens with zero attached hydrogens (tertiary/aromatic N) is 2. The van der Waals surface area contributed by atoms with Gasteiger partial charge in [0.2, 0.25) is 6.54 Å². The molecule has 1 aromatic rings. The van der Waals surface area contributed by atoms with Crippen LogP contribution < -0.4 is 9.47 Å². The van der Waals surface area contributed by atoms with Crippen LogP contribution in [-0.2, 0) is 4.74 Å². The van der Waals surface area contributed by atoms with E-state index in [2.05, 4.69) is 4.90 Å². The van der Waals surface area contributed by atoms with E-state index in [4.69, 9.17) is 14.2 Å². The summed E-state index contributed by atoms with van der Waals surface area (Å²) in [6.07, 6.45) is 4.01. The molecule has 2 heterocycles. The van der Waals surface area contributed by atoms with E-state index in [1.807, 2.05) is 18.2 Å². The lowest BCUT2D eigenvalue weighted by atomic mass is 9.68. The molecule has 1 aromatic carbocycles. The van der Waals surface area contributed by atoms with Crippen molar-refractivity contribution >= 4 is 0 Å². The average molecular weight is 362 g/mol. The van der Waals surface area contributed by atoms with E-state index in [0.29, 0.717) is 24.7 Å².